The average Bonchev–Trinajstić information content (AvgIpc) is 3.17. The first-order valence-corrected chi connectivity index (χ1v) is 10.9. The van der Waals surface area contributed by atoms with Crippen LogP contribution in [0.25, 0.3) is 0 Å². The summed E-state index contributed by atoms with van der Waals surface area (Å²) in [6, 6.07) is 12.6. The molecule has 0 aromatic heterocycles. The number of piperidine rings is 1. The van der Waals surface area contributed by atoms with E-state index in [0.717, 1.165) is 12.1 Å². The number of anilines is 2. The Kier molecular flexibility index (Phi) is 6.08. The van der Waals surface area contributed by atoms with Gasteiger partial charge in [0.1, 0.15) is 5.75 Å². The molecule has 2 aromatic rings. The van der Waals surface area contributed by atoms with Crippen LogP contribution in [-0.4, -0.2) is 30.2 Å². The van der Waals surface area contributed by atoms with Crippen LogP contribution < -0.4 is 14.5 Å². The molecule has 2 heterocycles. The molecule has 166 valence electrons. The highest BCUT2D eigenvalue weighted by Gasteiger charge is 2.36. The van der Waals surface area contributed by atoms with Gasteiger partial charge < -0.3 is 9.64 Å². The molecule has 0 N–H and O–H groups in total. The summed E-state index contributed by atoms with van der Waals surface area (Å²) < 4.78 is 5.54. The molecule has 0 radical (unpaired) electrons. The summed E-state index contributed by atoms with van der Waals surface area (Å²) in [4.78, 5) is 52.4. The molecule has 0 saturated carbocycles. The predicted octanol–water partition coefficient (Wildman–Crippen LogP) is 3.56. The predicted molar refractivity (Wildman–Crippen MR) is 119 cm³/mol. The van der Waals surface area contributed by atoms with E-state index in [1.165, 1.54) is 10.5 Å². The zero-order valence-electron chi connectivity index (χ0n) is 18.3. The molecule has 2 saturated heterocycles. The summed E-state index contributed by atoms with van der Waals surface area (Å²) in [5.74, 6) is -1.24. The van der Waals surface area contributed by atoms with Gasteiger partial charge in [0.2, 0.25) is 17.7 Å². The van der Waals surface area contributed by atoms with Crippen LogP contribution in [0.4, 0.5) is 11.4 Å². The molecule has 3 amide bonds. The standard InChI is InChI=1S/C25H26N2O5/c1-3-17-7-9-19(10-8-17)26-15-18(14-24(26)30)25(31)32-20-11-12-21(16(2)13-20)27-22(28)5-4-6-23(27)29/h7-13,18H,3-6,14-15H2,1-2H3/t18-/m1/s1. The SMILES string of the molecule is CCc1ccc(N2C[C@H](C(=O)Oc3ccc(N4C(=O)CCCC4=O)c(C)c3)CC2=O)cc1. The lowest BCUT2D eigenvalue weighted by molar-refractivity contribution is -0.139. The summed E-state index contributed by atoms with van der Waals surface area (Å²) in [7, 11) is 0. The Morgan fingerprint density at radius 2 is 1.69 bits per heavy atom. The third-order valence-corrected chi connectivity index (χ3v) is 6.02. The quantitative estimate of drug-likeness (QED) is 0.408. The molecule has 2 aromatic carbocycles. The van der Waals surface area contributed by atoms with E-state index in [-0.39, 0.29) is 30.7 Å². The van der Waals surface area contributed by atoms with Crippen molar-refractivity contribution >= 4 is 35.1 Å². The van der Waals surface area contributed by atoms with Crippen LogP contribution in [0.1, 0.15) is 43.7 Å². The molecule has 7 nitrogen and oxygen atoms in total. The smallest absolute Gasteiger partial charge is 0.316 e. The van der Waals surface area contributed by atoms with E-state index in [4.69, 9.17) is 4.74 Å². The van der Waals surface area contributed by atoms with Crippen molar-refractivity contribution in [1.29, 1.82) is 0 Å². The zero-order chi connectivity index (χ0) is 22.8. The van der Waals surface area contributed by atoms with Crippen LogP contribution in [-0.2, 0) is 25.6 Å². The molecule has 0 spiro atoms. The van der Waals surface area contributed by atoms with Gasteiger partial charge in [-0.2, -0.15) is 0 Å². The maximum absolute atomic E-state index is 12.7. The fraction of sp³-hybridized carbons (Fsp3) is 0.360. The maximum Gasteiger partial charge on any atom is 0.316 e. The van der Waals surface area contributed by atoms with Crippen molar-refractivity contribution in [2.45, 2.75) is 46.0 Å². The molecular weight excluding hydrogens is 408 g/mol. The van der Waals surface area contributed by atoms with Crippen molar-refractivity contribution in [2.75, 3.05) is 16.3 Å². The van der Waals surface area contributed by atoms with Gasteiger partial charge in [-0.05, 0) is 61.2 Å². The summed E-state index contributed by atoms with van der Waals surface area (Å²) >= 11 is 0. The molecule has 2 aliphatic heterocycles. The number of aryl methyl sites for hydroxylation is 2. The van der Waals surface area contributed by atoms with Gasteiger partial charge in [0.05, 0.1) is 11.6 Å². The number of hydrogen-bond donors (Lipinski definition) is 0. The first-order chi connectivity index (χ1) is 15.4. The van der Waals surface area contributed by atoms with Crippen LogP contribution in [0, 0.1) is 12.8 Å². The van der Waals surface area contributed by atoms with Gasteiger partial charge in [-0.15, -0.1) is 0 Å². The van der Waals surface area contributed by atoms with Crippen molar-refractivity contribution in [3.05, 3.63) is 53.6 Å². The largest absolute Gasteiger partial charge is 0.426 e. The van der Waals surface area contributed by atoms with E-state index in [0.29, 0.717) is 36.3 Å². The molecule has 0 aliphatic carbocycles. The van der Waals surface area contributed by atoms with E-state index in [1.807, 2.05) is 24.3 Å². The number of rotatable bonds is 5. The fourth-order valence-corrected chi connectivity index (χ4v) is 4.19. The van der Waals surface area contributed by atoms with Gasteiger partial charge in [0.25, 0.3) is 0 Å². The van der Waals surface area contributed by atoms with E-state index in [9.17, 15) is 19.2 Å². The number of nitrogens with zero attached hydrogens (tertiary/aromatic N) is 2. The van der Waals surface area contributed by atoms with Gasteiger partial charge in [-0.1, -0.05) is 19.1 Å². The summed E-state index contributed by atoms with van der Waals surface area (Å²) in [6.07, 6.45) is 2.27. The number of imide groups is 1. The lowest BCUT2D eigenvalue weighted by Gasteiger charge is -2.26. The molecule has 2 fully saturated rings. The van der Waals surface area contributed by atoms with Gasteiger partial charge in [0.15, 0.2) is 0 Å². The highest BCUT2D eigenvalue weighted by Crippen LogP contribution is 2.30. The van der Waals surface area contributed by atoms with Crippen LogP contribution in [0.5, 0.6) is 5.75 Å². The van der Waals surface area contributed by atoms with E-state index >= 15 is 0 Å². The topological polar surface area (TPSA) is 84.0 Å². The minimum Gasteiger partial charge on any atom is -0.426 e. The average molecular weight is 434 g/mol. The second-order valence-corrected chi connectivity index (χ2v) is 8.27. The highest BCUT2D eigenvalue weighted by molar-refractivity contribution is 6.16. The summed E-state index contributed by atoms with van der Waals surface area (Å²) in [5.41, 5.74) is 3.14. The Morgan fingerprint density at radius 1 is 1.00 bits per heavy atom. The number of carbonyl (C=O) groups excluding carboxylic acids is 4. The van der Waals surface area contributed by atoms with Crippen molar-refractivity contribution < 1.29 is 23.9 Å². The molecular formula is C25H26N2O5. The lowest BCUT2D eigenvalue weighted by atomic mass is 10.1. The van der Waals surface area contributed by atoms with E-state index < -0.39 is 11.9 Å². The molecule has 1 atom stereocenters. The first-order valence-electron chi connectivity index (χ1n) is 10.9. The Labute approximate surface area is 187 Å². The Hall–Kier alpha value is -3.48. The van der Waals surface area contributed by atoms with Crippen LogP contribution in [0.2, 0.25) is 0 Å². The fourth-order valence-electron chi connectivity index (χ4n) is 4.19. The maximum atomic E-state index is 12.7. The van der Waals surface area contributed by atoms with Gasteiger partial charge in [0, 0.05) is 31.5 Å². The van der Waals surface area contributed by atoms with Crippen molar-refractivity contribution in [3.63, 3.8) is 0 Å². The third kappa shape index (κ3) is 4.28. The molecule has 0 unspecified atom stereocenters. The van der Waals surface area contributed by atoms with E-state index in [1.54, 1.807) is 30.0 Å². The normalized spacial score (nSPS) is 18.9. The number of amides is 3. The molecule has 7 heteroatoms. The summed E-state index contributed by atoms with van der Waals surface area (Å²) in [6.45, 7) is 4.11. The Bertz CT molecular complexity index is 1060. The van der Waals surface area contributed by atoms with Gasteiger partial charge in [-0.25, -0.2) is 0 Å². The van der Waals surface area contributed by atoms with Crippen molar-refractivity contribution in [2.24, 2.45) is 5.92 Å². The van der Waals surface area contributed by atoms with Gasteiger partial charge in [-0.3, -0.25) is 24.1 Å². The number of hydrogen-bond acceptors (Lipinski definition) is 5. The van der Waals surface area contributed by atoms with Crippen LogP contribution in [0.3, 0.4) is 0 Å². The van der Waals surface area contributed by atoms with Gasteiger partial charge >= 0.3 is 5.97 Å². The second-order valence-electron chi connectivity index (χ2n) is 8.27. The molecule has 2 aliphatic rings. The lowest BCUT2D eigenvalue weighted by Crippen LogP contribution is -2.40. The minimum absolute atomic E-state index is 0.0994. The number of benzene rings is 2. The number of carbonyl (C=O) groups is 4. The Morgan fingerprint density at radius 3 is 2.31 bits per heavy atom. The Balaban J connectivity index is 1.43. The number of ether oxygens (including phenoxy) is 1. The number of esters is 1. The van der Waals surface area contributed by atoms with E-state index in [2.05, 4.69) is 6.92 Å². The second kappa shape index (κ2) is 8.94. The summed E-state index contributed by atoms with van der Waals surface area (Å²) in [5, 5.41) is 0. The minimum atomic E-state index is -0.557. The third-order valence-electron chi connectivity index (χ3n) is 6.02. The van der Waals surface area contributed by atoms with Crippen LogP contribution in [0.15, 0.2) is 42.5 Å². The first kappa shape index (κ1) is 21.7. The van der Waals surface area contributed by atoms with Crippen molar-refractivity contribution in [3.8, 4) is 5.75 Å². The zero-order valence-corrected chi connectivity index (χ0v) is 18.3. The monoisotopic (exact) mass is 434 g/mol. The van der Waals surface area contributed by atoms with Crippen LogP contribution >= 0.6 is 0 Å². The highest BCUT2D eigenvalue weighted by atomic mass is 16.5. The molecule has 0 bridgehead atoms. The molecule has 32 heavy (non-hydrogen) atoms. The molecule has 4 rings (SSSR count). The van der Waals surface area contributed by atoms with Crippen molar-refractivity contribution in [1.82, 2.24) is 0 Å².